The van der Waals surface area contributed by atoms with E-state index < -0.39 is 0 Å². The number of hydrogen-bond donors (Lipinski definition) is 1. The molecule has 1 aromatic rings. The maximum atomic E-state index is 4.62. The molecule has 0 radical (unpaired) electrons. The minimum Gasteiger partial charge on any atom is -0.316 e. The Bertz CT molecular complexity index is 384. The Morgan fingerprint density at radius 3 is 3.00 bits per heavy atom. The van der Waals surface area contributed by atoms with E-state index in [1.54, 1.807) is 0 Å². The number of rotatable bonds is 4. The monoisotopic (exact) mass is 230 g/mol. The Balaban J connectivity index is 1.74. The second kappa shape index (κ2) is 4.77. The summed E-state index contributed by atoms with van der Waals surface area (Å²) in [5, 5.41) is 3.54. The smallest absolute Gasteiger partial charge is 0.0482 e. The highest BCUT2D eigenvalue weighted by Gasteiger charge is 2.32. The molecule has 0 aliphatic heterocycles. The van der Waals surface area contributed by atoms with Gasteiger partial charge in [-0.3, -0.25) is 4.98 Å². The summed E-state index contributed by atoms with van der Waals surface area (Å²) in [6, 6.07) is 4.95. The van der Waals surface area contributed by atoms with Crippen LogP contribution in [0.25, 0.3) is 0 Å². The summed E-state index contributed by atoms with van der Waals surface area (Å²) in [4.78, 5) is 4.62. The van der Waals surface area contributed by atoms with Crippen LogP contribution in [0.3, 0.4) is 0 Å². The second-order valence-corrected chi connectivity index (χ2v) is 5.62. The van der Waals surface area contributed by atoms with Crippen molar-refractivity contribution in [3.8, 4) is 0 Å². The third kappa shape index (κ3) is 2.11. The number of aromatic nitrogens is 1. The zero-order valence-corrected chi connectivity index (χ0v) is 10.7. The van der Waals surface area contributed by atoms with Gasteiger partial charge in [0.05, 0.1) is 0 Å². The van der Waals surface area contributed by atoms with E-state index in [1.807, 2.05) is 6.20 Å². The van der Waals surface area contributed by atoms with Crippen molar-refractivity contribution in [2.45, 2.75) is 50.5 Å². The van der Waals surface area contributed by atoms with E-state index in [4.69, 9.17) is 0 Å². The van der Waals surface area contributed by atoms with Gasteiger partial charge in [0.25, 0.3) is 0 Å². The first-order chi connectivity index (χ1) is 8.38. The number of pyridine rings is 1. The highest BCUT2D eigenvalue weighted by molar-refractivity contribution is 5.30. The third-order valence-electron chi connectivity index (χ3n) is 4.67. The molecule has 2 nitrogen and oxygen atoms in total. The van der Waals surface area contributed by atoms with Crippen LogP contribution in [0.5, 0.6) is 0 Å². The maximum Gasteiger partial charge on any atom is 0.0482 e. The Kier molecular flexibility index (Phi) is 3.15. The predicted octanol–water partition coefficient (Wildman–Crippen LogP) is 2.89. The molecule has 0 saturated heterocycles. The molecule has 0 spiro atoms. The van der Waals surface area contributed by atoms with Crippen molar-refractivity contribution in [2.75, 3.05) is 7.05 Å². The molecule has 2 heteroatoms. The molecular formula is C15H22N2. The first kappa shape index (κ1) is 11.2. The van der Waals surface area contributed by atoms with Crippen LogP contribution in [0.4, 0.5) is 0 Å². The summed E-state index contributed by atoms with van der Waals surface area (Å²) in [7, 11) is 2.12. The summed E-state index contributed by atoms with van der Waals surface area (Å²) >= 11 is 0. The number of aryl methyl sites for hydroxylation is 1. The molecule has 2 aliphatic rings. The molecule has 0 amide bonds. The molecule has 2 unspecified atom stereocenters. The average molecular weight is 230 g/mol. The van der Waals surface area contributed by atoms with Gasteiger partial charge in [0.2, 0.25) is 0 Å². The quantitative estimate of drug-likeness (QED) is 0.860. The van der Waals surface area contributed by atoms with E-state index in [9.17, 15) is 0 Å². The van der Waals surface area contributed by atoms with Crippen molar-refractivity contribution < 1.29 is 0 Å². The lowest BCUT2D eigenvalue weighted by atomic mass is 9.78. The molecule has 1 N–H and O–H groups in total. The van der Waals surface area contributed by atoms with E-state index in [1.165, 1.54) is 49.8 Å². The van der Waals surface area contributed by atoms with Crippen molar-refractivity contribution in [1.82, 2.24) is 10.3 Å². The second-order valence-electron chi connectivity index (χ2n) is 5.62. The zero-order valence-electron chi connectivity index (χ0n) is 10.7. The van der Waals surface area contributed by atoms with Gasteiger partial charge in [-0.05, 0) is 43.9 Å². The van der Waals surface area contributed by atoms with Gasteiger partial charge in [-0.2, -0.15) is 0 Å². The minimum absolute atomic E-state index is 0.636. The summed E-state index contributed by atoms with van der Waals surface area (Å²) < 4.78 is 0. The SMILES string of the molecule is CNC(CC1CCC1)C1CCc2cccnc21. The van der Waals surface area contributed by atoms with Crippen LogP contribution in [0.2, 0.25) is 0 Å². The van der Waals surface area contributed by atoms with Gasteiger partial charge in [-0.15, -0.1) is 0 Å². The number of likely N-dealkylation sites (N-methyl/N-ethyl adjacent to an activating group) is 1. The summed E-state index contributed by atoms with van der Waals surface area (Å²) in [5.41, 5.74) is 2.84. The largest absolute Gasteiger partial charge is 0.316 e. The molecular weight excluding hydrogens is 208 g/mol. The molecule has 0 bridgehead atoms. The van der Waals surface area contributed by atoms with Crippen LogP contribution >= 0.6 is 0 Å². The van der Waals surface area contributed by atoms with Crippen LogP contribution < -0.4 is 5.32 Å². The van der Waals surface area contributed by atoms with E-state index in [0.29, 0.717) is 12.0 Å². The highest BCUT2D eigenvalue weighted by Crippen LogP contribution is 2.39. The van der Waals surface area contributed by atoms with Gasteiger partial charge in [-0.1, -0.05) is 25.3 Å². The van der Waals surface area contributed by atoms with E-state index in [2.05, 4.69) is 29.5 Å². The van der Waals surface area contributed by atoms with Gasteiger partial charge in [-0.25, -0.2) is 0 Å². The van der Waals surface area contributed by atoms with Crippen LogP contribution in [0.15, 0.2) is 18.3 Å². The molecule has 1 heterocycles. The lowest BCUT2D eigenvalue weighted by molar-refractivity contribution is 0.248. The fourth-order valence-electron chi connectivity index (χ4n) is 3.41. The molecule has 92 valence electrons. The standard InChI is InChI=1S/C15H22N2/c1-16-14(10-11-4-2-5-11)13-8-7-12-6-3-9-17-15(12)13/h3,6,9,11,13-14,16H,2,4-5,7-8,10H2,1H3. The van der Waals surface area contributed by atoms with Gasteiger partial charge in [0.15, 0.2) is 0 Å². The summed E-state index contributed by atoms with van der Waals surface area (Å²) in [5.74, 6) is 1.62. The molecule has 3 rings (SSSR count). The Morgan fingerprint density at radius 1 is 1.41 bits per heavy atom. The maximum absolute atomic E-state index is 4.62. The van der Waals surface area contributed by atoms with Crippen molar-refractivity contribution in [2.24, 2.45) is 5.92 Å². The predicted molar refractivity (Wildman–Crippen MR) is 70.1 cm³/mol. The van der Waals surface area contributed by atoms with Gasteiger partial charge >= 0.3 is 0 Å². The van der Waals surface area contributed by atoms with Crippen LogP contribution in [-0.2, 0) is 6.42 Å². The van der Waals surface area contributed by atoms with Gasteiger partial charge in [0.1, 0.15) is 0 Å². The number of nitrogens with one attached hydrogen (secondary N) is 1. The molecule has 0 aromatic carbocycles. The first-order valence-corrected chi connectivity index (χ1v) is 6.99. The highest BCUT2D eigenvalue weighted by atomic mass is 14.9. The van der Waals surface area contributed by atoms with Crippen molar-refractivity contribution >= 4 is 0 Å². The lowest BCUT2D eigenvalue weighted by Gasteiger charge is -2.32. The number of nitrogens with zero attached hydrogens (tertiary/aromatic N) is 1. The molecule has 1 saturated carbocycles. The molecule has 2 aliphatic carbocycles. The summed E-state index contributed by atoms with van der Waals surface area (Å²) in [6.45, 7) is 0. The minimum atomic E-state index is 0.636. The normalized spacial score (nSPS) is 25.4. The van der Waals surface area contributed by atoms with E-state index in [-0.39, 0.29) is 0 Å². The Labute approximate surface area is 104 Å². The molecule has 1 aromatic heterocycles. The van der Waals surface area contributed by atoms with Crippen molar-refractivity contribution in [3.63, 3.8) is 0 Å². The third-order valence-corrected chi connectivity index (χ3v) is 4.67. The molecule has 2 atom stereocenters. The van der Waals surface area contributed by atoms with Gasteiger partial charge in [0, 0.05) is 23.9 Å². The van der Waals surface area contributed by atoms with E-state index in [0.717, 1.165) is 5.92 Å². The first-order valence-electron chi connectivity index (χ1n) is 6.99. The summed E-state index contributed by atoms with van der Waals surface area (Å²) in [6.07, 6.45) is 10.1. The van der Waals surface area contributed by atoms with Crippen molar-refractivity contribution in [3.05, 3.63) is 29.6 Å². The van der Waals surface area contributed by atoms with Crippen LogP contribution in [0, 0.1) is 5.92 Å². The van der Waals surface area contributed by atoms with E-state index >= 15 is 0 Å². The fraction of sp³-hybridized carbons (Fsp3) is 0.667. The lowest BCUT2D eigenvalue weighted by Crippen LogP contribution is -2.35. The molecule has 17 heavy (non-hydrogen) atoms. The van der Waals surface area contributed by atoms with Crippen molar-refractivity contribution in [1.29, 1.82) is 0 Å². The average Bonchev–Trinajstić information content (AvgIpc) is 2.72. The Morgan fingerprint density at radius 2 is 2.29 bits per heavy atom. The fourth-order valence-corrected chi connectivity index (χ4v) is 3.41. The van der Waals surface area contributed by atoms with Crippen LogP contribution in [0.1, 0.15) is 49.3 Å². The zero-order chi connectivity index (χ0) is 11.7. The van der Waals surface area contributed by atoms with Crippen LogP contribution in [-0.4, -0.2) is 18.1 Å². The van der Waals surface area contributed by atoms with Gasteiger partial charge < -0.3 is 5.32 Å². The Hall–Kier alpha value is -0.890. The molecule has 1 fully saturated rings. The number of hydrogen-bond acceptors (Lipinski definition) is 2. The topological polar surface area (TPSA) is 24.9 Å². The number of fused-ring (bicyclic) bond motifs is 1.